The first kappa shape index (κ1) is 15.3. The number of anilines is 1. The monoisotopic (exact) mass is 349 g/mol. The largest absolute Gasteiger partial charge is 0.356 e. The van der Waals surface area contributed by atoms with E-state index in [-0.39, 0.29) is 0 Å². The molecule has 1 N–H and O–H groups in total. The van der Waals surface area contributed by atoms with Gasteiger partial charge in [-0.3, -0.25) is 0 Å². The van der Waals surface area contributed by atoms with Gasteiger partial charge in [0.2, 0.25) is 5.13 Å². The highest BCUT2D eigenvalue weighted by Crippen LogP contribution is 2.17. The van der Waals surface area contributed by atoms with Gasteiger partial charge in [-0.15, -0.1) is 0 Å². The maximum Gasteiger partial charge on any atom is 0.202 e. The standard InChI is InChI=1S/C16H13Cl2N3S/c17-13-5-1-11(2-6-13)9-15-20-16(22-21-15)19-10-12-3-7-14(18)8-4-12/h1-8H,9-10H2,(H,19,20,21). The van der Waals surface area contributed by atoms with Crippen molar-refractivity contribution in [2.45, 2.75) is 13.0 Å². The number of benzene rings is 2. The molecule has 0 fully saturated rings. The second-order valence-corrected chi connectivity index (χ2v) is 6.42. The highest BCUT2D eigenvalue weighted by atomic mass is 35.5. The van der Waals surface area contributed by atoms with E-state index in [1.807, 2.05) is 48.5 Å². The third kappa shape index (κ3) is 4.19. The molecule has 2 aromatic carbocycles. The molecular formula is C16H13Cl2N3S. The van der Waals surface area contributed by atoms with Crippen LogP contribution in [0.15, 0.2) is 48.5 Å². The van der Waals surface area contributed by atoms with E-state index in [0.29, 0.717) is 13.0 Å². The van der Waals surface area contributed by atoms with E-state index in [1.54, 1.807) is 0 Å². The molecule has 0 radical (unpaired) electrons. The van der Waals surface area contributed by atoms with Crippen LogP contribution in [0.5, 0.6) is 0 Å². The maximum atomic E-state index is 5.88. The third-order valence-electron chi connectivity index (χ3n) is 3.10. The van der Waals surface area contributed by atoms with Crippen LogP contribution in [-0.4, -0.2) is 9.36 Å². The minimum absolute atomic E-state index is 0.701. The summed E-state index contributed by atoms with van der Waals surface area (Å²) in [7, 11) is 0. The van der Waals surface area contributed by atoms with E-state index in [0.717, 1.165) is 32.1 Å². The average molecular weight is 350 g/mol. The van der Waals surface area contributed by atoms with Gasteiger partial charge >= 0.3 is 0 Å². The van der Waals surface area contributed by atoms with E-state index >= 15 is 0 Å². The van der Waals surface area contributed by atoms with Gasteiger partial charge < -0.3 is 5.32 Å². The van der Waals surface area contributed by atoms with Crippen LogP contribution >= 0.6 is 34.7 Å². The second-order valence-electron chi connectivity index (χ2n) is 4.80. The van der Waals surface area contributed by atoms with Crippen molar-refractivity contribution in [2.24, 2.45) is 0 Å². The molecule has 3 nitrogen and oxygen atoms in total. The van der Waals surface area contributed by atoms with Crippen LogP contribution < -0.4 is 5.32 Å². The average Bonchev–Trinajstić information content (AvgIpc) is 2.97. The smallest absolute Gasteiger partial charge is 0.202 e. The van der Waals surface area contributed by atoms with Gasteiger partial charge in [-0.1, -0.05) is 47.5 Å². The summed E-state index contributed by atoms with van der Waals surface area (Å²) in [6.07, 6.45) is 0.705. The molecule has 0 atom stereocenters. The highest BCUT2D eigenvalue weighted by Gasteiger charge is 2.05. The molecule has 0 aliphatic heterocycles. The lowest BCUT2D eigenvalue weighted by Crippen LogP contribution is -1.99. The molecular weight excluding hydrogens is 337 g/mol. The molecule has 0 saturated carbocycles. The summed E-state index contributed by atoms with van der Waals surface area (Å²) < 4.78 is 4.37. The molecule has 1 heterocycles. The zero-order chi connectivity index (χ0) is 15.4. The Kier molecular flexibility index (Phi) is 4.93. The lowest BCUT2D eigenvalue weighted by atomic mass is 10.1. The molecule has 3 rings (SSSR count). The van der Waals surface area contributed by atoms with Gasteiger partial charge in [0.25, 0.3) is 0 Å². The van der Waals surface area contributed by atoms with Gasteiger partial charge in [-0.2, -0.15) is 4.37 Å². The lowest BCUT2D eigenvalue weighted by molar-refractivity contribution is 1.03. The molecule has 0 bridgehead atoms. The topological polar surface area (TPSA) is 37.8 Å². The fraction of sp³-hybridized carbons (Fsp3) is 0.125. The van der Waals surface area contributed by atoms with Crippen LogP contribution in [-0.2, 0) is 13.0 Å². The van der Waals surface area contributed by atoms with E-state index in [4.69, 9.17) is 23.2 Å². The quantitative estimate of drug-likeness (QED) is 0.700. The molecule has 3 aromatic rings. The van der Waals surface area contributed by atoms with Crippen molar-refractivity contribution in [2.75, 3.05) is 5.32 Å². The first-order chi connectivity index (χ1) is 10.7. The summed E-state index contributed by atoms with van der Waals surface area (Å²) >= 11 is 13.1. The van der Waals surface area contributed by atoms with Crippen molar-refractivity contribution in [1.82, 2.24) is 9.36 Å². The Hall–Kier alpha value is -1.62. The van der Waals surface area contributed by atoms with Gasteiger partial charge in [0.1, 0.15) is 5.82 Å². The molecule has 22 heavy (non-hydrogen) atoms. The second kappa shape index (κ2) is 7.09. The highest BCUT2D eigenvalue weighted by molar-refractivity contribution is 7.09. The van der Waals surface area contributed by atoms with Crippen LogP contribution in [0.25, 0.3) is 0 Å². The summed E-state index contributed by atoms with van der Waals surface area (Å²) in [5.74, 6) is 0.811. The van der Waals surface area contributed by atoms with Crippen LogP contribution in [0.4, 0.5) is 5.13 Å². The Labute approximate surface area is 143 Å². The Morgan fingerprint density at radius 3 is 2.09 bits per heavy atom. The molecule has 1 aromatic heterocycles. The van der Waals surface area contributed by atoms with Crippen LogP contribution in [0.1, 0.15) is 17.0 Å². The first-order valence-electron chi connectivity index (χ1n) is 6.74. The summed E-state index contributed by atoms with van der Waals surface area (Å²) in [6, 6.07) is 15.5. The number of hydrogen-bond acceptors (Lipinski definition) is 4. The van der Waals surface area contributed by atoms with E-state index in [9.17, 15) is 0 Å². The SMILES string of the molecule is Clc1ccc(CNc2nc(Cc3ccc(Cl)cc3)ns2)cc1. The van der Waals surface area contributed by atoms with Gasteiger partial charge in [-0.25, -0.2) is 4.98 Å². The minimum atomic E-state index is 0.701. The third-order valence-corrected chi connectivity index (χ3v) is 4.32. The molecule has 0 amide bonds. The van der Waals surface area contributed by atoms with Gasteiger partial charge in [0.15, 0.2) is 0 Å². The zero-order valence-electron chi connectivity index (χ0n) is 11.6. The Morgan fingerprint density at radius 2 is 1.45 bits per heavy atom. The molecule has 112 valence electrons. The van der Waals surface area contributed by atoms with Crippen molar-refractivity contribution in [1.29, 1.82) is 0 Å². The molecule has 0 spiro atoms. The van der Waals surface area contributed by atoms with E-state index in [2.05, 4.69) is 14.7 Å². The summed E-state index contributed by atoms with van der Waals surface area (Å²) in [4.78, 5) is 4.50. The number of rotatable bonds is 5. The zero-order valence-corrected chi connectivity index (χ0v) is 13.9. The molecule has 0 saturated heterocycles. The molecule has 0 aliphatic rings. The Bertz CT molecular complexity index is 739. The normalized spacial score (nSPS) is 10.6. The molecule has 0 unspecified atom stereocenters. The predicted octanol–water partition coefficient (Wildman–Crippen LogP) is 5.05. The van der Waals surface area contributed by atoms with E-state index in [1.165, 1.54) is 11.5 Å². The van der Waals surface area contributed by atoms with E-state index < -0.39 is 0 Å². The number of nitrogens with zero attached hydrogens (tertiary/aromatic N) is 2. The molecule has 6 heteroatoms. The fourth-order valence-corrected chi connectivity index (χ4v) is 2.79. The number of halogens is 2. The fourth-order valence-electron chi connectivity index (χ4n) is 1.96. The lowest BCUT2D eigenvalue weighted by Gasteiger charge is -2.02. The Balaban J connectivity index is 1.59. The van der Waals surface area contributed by atoms with Crippen LogP contribution in [0.3, 0.4) is 0 Å². The van der Waals surface area contributed by atoms with Crippen molar-refractivity contribution < 1.29 is 0 Å². The van der Waals surface area contributed by atoms with Crippen molar-refractivity contribution >= 4 is 39.9 Å². The molecule has 0 aliphatic carbocycles. The van der Waals surface area contributed by atoms with Gasteiger partial charge in [-0.05, 0) is 35.4 Å². The maximum absolute atomic E-state index is 5.88. The van der Waals surface area contributed by atoms with Crippen LogP contribution in [0, 0.1) is 0 Å². The van der Waals surface area contributed by atoms with Gasteiger partial charge in [0.05, 0.1) is 0 Å². The van der Waals surface area contributed by atoms with Crippen LogP contribution in [0.2, 0.25) is 10.0 Å². The van der Waals surface area contributed by atoms with Gasteiger partial charge in [0, 0.05) is 34.5 Å². The summed E-state index contributed by atoms with van der Waals surface area (Å²) in [5, 5.41) is 5.57. The number of nitrogens with one attached hydrogen (secondary N) is 1. The van der Waals surface area contributed by atoms with Crippen molar-refractivity contribution in [3.63, 3.8) is 0 Å². The number of aromatic nitrogens is 2. The van der Waals surface area contributed by atoms with Crippen molar-refractivity contribution in [3.8, 4) is 0 Å². The number of hydrogen-bond donors (Lipinski definition) is 1. The summed E-state index contributed by atoms with van der Waals surface area (Å²) in [5.41, 5.74) is 2.30. The minimum Gasteiger partial charge on any atom is -0.356 e. The first-order valence-corrected chi connectivity index (χ1v) is 8.27. The predicted molar refractivity (Wildman–Crippen MR) is 92.9 cm³/mol. The Morgan fingerprint density at radius 1 is 0.864 bits per heavy atom. The van der Waals surface area contributed by atoms with Crippen molar-refractivity contribution in [3.05, 3.63) is 75.5 Å². The summed E-state index contributed by atoms with van der Waals surface area (Å²) in [6.45, 7) is 0.701.